The summed E-state index contributed by atoms with van der Waals surface area (Å²) in [4.78, 5) is 30.9. The molecule has 4 rings (SSSR count). The number of nitrogens with zero attached hydrogens (tertiary/aromatic N) is 1. The molecule has 0 aliphatic carbocycles. The Morgan fingerprint density at radius 1 is 1.11 bits per heavy atom. The molecular formula is C28H35N3O4. The van der Waals surface area contributed by atoms with E-state index in [-0.39, 0.29) is 30.6 Å². The van der Waals surface area contributed by atoms with Crippen LogP contribution in [-0.4, -0.2) is 46.8 Å². The molecule has 0 saturated carbocycles. The number of fused-ring (bicyclic) bond motifs is 1. The van der Waals surface area contributed by atoms with Crippen molar-refractivity contribution in [1.82, 2.24) is 15.2 Å². The first kappa shape index (κ1) is 24.6. The SMILES string of the molecule is CC1CCN(C(=O)OC(C)(C)C)C1C(CNC(=O)OCc1ccccc1)c1c[nH]c2ccccc12. The average Bonchev–Trinajstić information content (AvgIpc) is 3.42. The number of rotatable bonds is 6. The highest BCUT2D eigenvalue weighted by atomic mass is 16.6. The molecule has 2 N–H and O–H groups in total. The number of amides is 2. The van der Waals surface area contributed by atoms with E-state index in [0.29, 0.717) is 13.1 Å². The molecule has 1 fully saturated rings. The molecular weight excluding hydrogens is 442 g/mol. The smallest absolute Gasteiger partial charge is 0.410 e. The number of benzene rings is 2. The van der Waals surface area contributed by atoms with Crippen LogP contribution in [0, 0.1) is 5.92 Å². The van der Waals surface area contributed by atoms with E-state index in [1.807, 2.05) is 80.4 Å². The maximum Gasteiger partial charge on any atom is 0.410 e. The summed E-state index contributed by atoms with van der Waals surface area (Å²) in [6.45, 7) is 8.95. The highest BCUT2D eigenvalue weighted by Gasteiger charge is 2.42. The Kier molecular flexibility index (Phi) is 7.34. The number of aromatic nitrogens is 1. The zero-order valence-corrected chi connectivity index (χ0v) is 20.9. The van der Waals surface area contributed by atoms with Crippen LogP contribution in [0.2, 0.25) is 0 Å². The van der Waals surface area contributed by atoms with Crippen LogP contribution in [0.5, 0.6) is 0 Å². The third kappa shape index (κ3) is 5.96. The first-order chi connectivity index (χ1) is 16.7. The van der Waals surface area contributed by atoms with Gasteiger partial charge in [-0.3, -0.25) is 0 Å². The zero-order valence-electron chi connectivity index (χ0n) is 20.9. The van der Waals surface area contributed by atoms with Crippen LogP contribution in [0.3, 0.4) is 0 Å². The van der Waals surface area contributed by atoms with E-state index in [4.69, 9.17) is 9.47 Å². The maximum atomic E-state index is 13.1. The van der Waals surface area contributed by atoms with Gasteiger partial charge in [0.1, 0.15) is 12.2 Å². The van der Waals surface area contributed by atoms with Gasteiger partial charge in [0.2, 0.25) is 0 Å². The van der Waals surface area contributed by atoms with E-state index in [9.17, 15) is 9.59 Å². The monoisotopic (exact) mass is 477 g/mol. The van der Waals surface area contributed by atoms with Gasteiger partial charge in [0.25, 0.3) is 0 Å². The predicted octanol–water partition coefficient (Wildman–Crippen LogP) is 5.82. The molecule has 1 aliphatic rings. The minimum absolute atomic E-state index is 0.126. The van der Waals surface area contributed by atoms with Gasteiger partial charge in [-0.25, -0.2) is 9.59 Å². The van der Waals surface area contributed by atoms with Gasteiger partial charge in [0.15, 0.2) is 0 Å². The number of carbonyl (C=O) groups is 2. The second-order valence-electron chi connectivity index (χ2n) is 10.3. The van der Waals surface area contributed by atoms with Crippen LogP contribution >= 0.6 is 0 Å². The van der Waals surface area contributed by atoms with Crippen LogP contribution < -0.4 is 5.32 Å². The zero-order chi connectivity index (χ0) is 25.0. The van der Waals surface area contributed by atoms with E-state index >= 15 is 0 Å². The minimum Gasteiger partial charge on any atom is -0.445 e. The molecule has 0 bridgehead atoms. The molecule has 3 atom stereocenters. The Balaban J connectivity index is 1.56. The second-order valence-corrected chi connectivity index (χ2v) is 10.3. The number of aromatic amines is 1. The van der Waals surface area contributed by atoms with Gasteiger partial charge in [-0.15, -0.1) is 0 Å². The van der Waals surface area contributed by atoms with Crippen molar-refractivity contribution < 1.29 is 19.1 Å². The fourth-order valence-corrected chi connectivity index (χ4v) is 4.90. The van der Waals surface area contributed by atoms with Gasteiger partial charge >= 0.3 is 12.2 Å². The Morgan fingerprint density at radius 2 is 1.83 bits per heavy atom. The van der Waals surface area contributed by atoms with Crippen molar-refractivity contribution in [3.05, 3.63) is 71.9 Å². The van der Waals surface area contributed by atoms with Crippen LogP contribution in [0.1, 0.15) is 51.2 Å². The third-order valence-corrected chi connectivity index (χ3v) is 6.51. The molecule has 2 heterocycles. The van der Waals surface area contributed by atoms with E-state index in [1.54, 1.807) is 0 Å². The number of nitrogens with one attached hydrogen (secondary N) is 2. The highest BCUT2D eigenvalue weighted by molar-refractivity contribution is 5.84. The van der Waals surface area contributed by atoms with Gasteiger partial charge < -0.3 is 24.7 Å². The van der Waals surface area contributed by atoms with E-state index in [2.05, 4.69) is 23.3 Å². The number of carbonyl (C=O) groups excluding carboxylic acids is 2. The number of likely N-dealkylation sites (tertiary alicyclic amines) is 1. The molecule has 186 valence electrons. The summed E-state index contributed by atoms with van der Waals surface area (Å²) in [5.41, 5.74) is 2.43. The third-order valence-electron chi connectivity index (χ3n) is 6.51. The lowest BCUT2D eigenvalue weighted by Crippen LogP contribution is -2.46. The predicted molar refractivity (Wildman–Crippen MR) is 136 cm³/mol. The summed E-state index contributed by atoms with van der Waals surface area (Å²) in [6, 6.07) is 17.5. The topological polar surface area (TPSA) is 83.7 Å². The van der Waals surface area contributed by atoms with Gasteiger partial charge in [-0.05, 0) is 50.3 Å². The fraction of sp³-hybridized carbons (Fsp3) is 0.429. The number of ether oxygens (including phenoxy) is 2. The van der Waals surface area contributed by atoms with Crippen molar-refractivity contribution >= 4 is 23.1 Å². The summed E-state index contributed by atoms with van der Waals surface area (Å²) in [5.74, 6) is 0.101. The number of H-pyrrole nitrogens is 1. The van der Waals surface area contributed by atoms with E-state index < -0.39 is 11.7 Å². The van der Waals surface area contributed by atoms with E-state index in [0.717, 1.165) is 28.5 Å². The van der Waals surface area contributed by atoms with Crippen molar-refractivity contribution in [3.8, 4) is 0 Å². The molecule has 35 heavy (non-hydrogen) atoms. The molecule has 0 radical (unpaired) electrons. The Bertz CT molecular complexity index is 1150. The van der Waals surface area contributed by atoms with Crippen LogP contribution in [-0.2, 0) is 16.1 Å². The standard InChI is InChI=1S/C28H35N3O4/c1-19-14-15-31(27(33)35-28(2,3)4)25(19)23(22-16-29-24-13-9-8-12-21(22)24)17-30-26(32)34-18-20-10-6-5-7-11-20/h5-13,16,19,23,25,29H,14-15,17-18H2,1-4H3,(H,30,32). The van der Waals surface area contributed by atoms with Gasteiger partial charge in [-0.2, -0.15) is 0 Å². The molecule has 1 saturated heterocycles. The lowest BCUT2D eigenvalue weighted by Gasteiger charge is -2.35. The van der Waals surface area contributed by atoms with Gasteiger partial charge in [0, 0.05) is 42.1 Å². The summed E-state index contributed by atoms with van der Waals surface area (Å²) in [7, 11) is 0. The largest absolute Gasteiger partial charge is 0.445 e. The molecule has 3 aromatic rings. The fourth-order valence-electron chi connectivity index (χ4n) is 4.90. The number of alkyl carbamates (subject to hydrolysis) is 1. The van der Waals surface area contributed by atoms with Crippen LogP contribution in [0.4, 0.5) is 9.59 Å². The summed E-state index contributed by atoms with van der Waals surface area (Å²) >= 11 is 0. The van der Waals surface area contributed by atoms with Crippen LogP contribution in [0.15, 0.2) is 60.8 Å². The molecule has 1 aliphatic heterocycles. The Hall–Kier alpha value is -3.48. The van der Waals surface area contributed by atoms with Gasteiger partial charge in [-0.1, -0.05) is 55.5 Å². The first-order valence-electron chi connectivity index (χ1n) is 12.2. The number of hydrogen-bond acceptors (Lipinski definition) is 4. The molecule has 7 nitrogen and oxygen atoms in total. The number of para-hydroxylation sites is 1. The quantitative estimate of drug-likeness (QED) is 0.468. The van der Waals surface area contributed by atoms with Crippen molar-refractivity contribution in [2.75, 3.05) is 13.1 Å². The summed E-state index contributed by atoms with van der Waals surface area (Å²) < 4.78 is 11.2. The lowest BCUT2D eigenvalue weighted by atomic mass is 9.84. The van der Waals surface area contributed by atoms with Crippen molar-refractivity contribution in [3.63, 3.8) is 0 Å². The molecule has 2 amide bonds. The molecule has 7 heteroatoms. The van der Waals surface area contributed by atoms with Crippen molar-refractivity contribution in [2.45, 2.75) is 58.3 Å². The minimum atomic E-state index is -0.580. The van der Waals surface area contributed by atoms with Crippen molar-refractivity contribution in [2.24, 2.45) is 5.92 Å². The van der Waals surface area contributed by atoms with Crippen LogP contribution in [0.25, 0.3) is 10.9 Å². The van der Waals surface area contributed by atoms with E-state index in [1.165, 1.54) is 0 Å². The molecule has 0 spiro atoms. The molecule has 1 aromatic heterocycles. The average molecular weight is 478 g/mol. The van der Waals surface area contributed by atoms with Gasteiger partial charge in [0.05, 0.1) is 0 Å². The molecule has 3 unspecified atom stereocenters. The number of hydrogen-bond donors (Lipinski definition) is 2. The maximum absolute atomic E-state index is 13.1. The summed E-state index contributed by atoms with van der Waals surface area (Å²) in [6.07, 6.45) is 2.07. The lowest BCUT2D eigenvalue weighted by molar-refractivity contribution is 0.0186. The second kappa shape index (κ2) is 10.4. The highest BCUT2D eigenvalue weighted by Crippen LogP contribution is 2.38. The normalized spacial score (nSPS) is 18.9. The van der Waals surface area contributed by atoms with Crippen molar-refractivity contribution in [1.29, 1.82) is 0 Å². The summed E-state index contributed by atoms with van der Waals surface area (Å²) in [5, 5.41) is 4.04. The first-order valence-corrected chi connectivity index (χ1v) is 12.2. The Morgan fingerprint density at radius 3 is 2.57 bits per heavy atom. The Labute approximate surface area is 206 Å². The molecule has 2 aromatic carbocycles.